The molecule has 7 heteroatoms. The summed E-state index contributed by atoms with van der Waals surface area (Å²) in [5, 5.41) is 11.2. The van der Waals surface area contributed by atoms with Gasteiger partial charge in [0.2, 0.25) is 0 Å². The molecule has 0 aliphatic carbocycles. The average Bonchev–Trinajstić information content (AvgIpc) is 3.32. The average molecular weight is 494 g/mol. The second-order valence-electron chi connectivity index (χ2n) is 9.90. The summed E-state index contributed by atoms with van der Waals surface area (Å²) in [5.74, 6) is 2.37. The van der Waals surface area contributed by atoms with E-state index in [1.165, 1.54) is 11.1 Å². The monoisotopic (exact) mass is 493 g/mol. The molecule has 2 aromatic carbocycles. The first-order valence-corrected chi connectivity index (χ1v) is 12.8. The van der Waals surface area contributed by atoms with E-state index in [-0.39, 0.29) is 0 Å². The van der Waals surface area contributed by atoms with Gasteiger partial charge in [-0.3, -0.25) is 4.90 Å². The quantitative estimate of drug-likeness (QED) is 0.388. The van der Waals surface area contributed by atoms with E-state index >= 15 is 0 Å². The van der Waals surface area contributed by atoms with Crippen LogP contribution in [0.15, 0.2) is 55.1 Å². The molecule has 0 amide bonds. The van der Waals surface area contributed by atoms with Crippen molar-refractivity contribution in [2.24, 2.45) is 0 Å². The summed E-state index contributed by atoms with van der Waals surface area (Å²) in [6.45, 7) is 8.51. The molecule has 0 spiro atoms. The first-order valence-electron chi connectivity index (χ1n) is 12.8. The Morgan fingerprint density at radius 2 is 1.86 bits per heavy atom. The lowest BCUT2D eigenvalue weighted by atomic mass is 9.96. The van der Waals surface area contributed by atoms with Gasteiger partial charge >= 0.3 is 0 Å². The van der Waals surface area contributed by atoms with Crippen LogP contribution in [0.4, 0.5) is 0 Å². The van der Waals surface area contributed by atoms with Gasteiger partial charge in [-0.25, -0.2) is 4.98 Å². The van der Waals surface area contributed by atoms with Gasteiger partial charge in [0.25, 0.3) is 0 Å². The second kappa shape index (κ2) is 12.3. The van der Waals surface area contributed by atoms with Crippen molar-refractivity contribution in [3.63, 3.8) is 0 Å². The minimum Gasteiger partial charge on any atom is -0.493 e. The molecule has 1 aliphatic heterocycles. The Kier molecular flexibility index (Phi) is 8.88. The summed E-state index contributed by atoms with van der Waals surface area (Å²) in [4.78, 5) is 6.46. The Hall–Kier alpha value is -3.03. The number of hydrogen-bond acceptors (Lipinski definition) is 6. The number of imidazole rings is 1. The number of rotatable bonds is 11. The van der Waals surface area contributed by atoms with E-state index in [0.717, 1.165) is 68.3 Å². The molecule has 7 nitrogen and oxygen atoms in total. The lowest BCUT2D eigenvalue weighted by molar-refractivity contribution is -0.0170. The molecule has 1 aromatic heterocycles. The van der Waals surface area contributed by atoms with Crippen LogP contribution in [0.2, 0.25) is 0 Å². The lowest BCUT2D eigenvalue weighted by Gasteiger charge is -2.27. The highest BCUT2D eigenvalue weighted by molar-refractivity contribution is 5.43. The molecule has 1 fully saturated rings. The number of benzene rings is 2. The zero-order valence-electron chi connectivity index (χ0n) is 21.8. The molecule has 2 heterocycles. The summed E-state index contributed by atoms with van der Waals surface area (Å²) >= 11 is 0. The van der Waals surface area contributed by atoms with Crippen LogP contribution in [0.25, 0.3) is 0 Å². The van der Waals surface area contributed by atoms with Crippen LogP contribution < -0.4 is 14.2 Å². The summed E-state index contributed by atoms with van der Waals surface area (Å²) in [6, 6.07) is 12.3. The number of aliphatic hydroxyl groups is 1. The molecule has 3 aromatic rings. The Bertz CT molecular complexity index is 1100. The zero-order valence-corrected chi connectivity index (χ0v) is 21.8. The highest BCUT2D eigenvalue weighted by Crippen LogP contribution is 2.30. The molecule has 1 saturated heterocycles. The predicted molar refractivity (Wildman–Crippen MR) is 141 cm³/mol. The predicted octanol–water partition coefficient (Wildman–Crippen LogP) is 4.77. The number of aryl methyl sites for hydroxylation is 3. The highest BCUT2D eigenvalue weighted by Gasteiger charge is 2.31. The van der Waals surface area contributed by atoms with Gasteiger partial charge in [0.15, 0.2) is 11.5 Å². The van der Waals surface area contributed by atoms with Crippen molar-refractivity contribution in [1.82, 2.24) is 14.5 Å². The third-order valence-electron chi connectivity index (χ3n) is 6.85. The fourth-order valence-electron chi connectivity index (χ4n) is 4.75. The Labute approximate surface area is 214 Å². The van der Waals surface area contributed by atoms with Gasteiger partial charge in [-0.2, -0.15) is 0 Å². The van der Waals surface area contributed by atoms with Crippen LogP contribution in [0.5, 0.6) is 17.2 Å². The first kappa shape index (κ1) is 26.0. The minimum absolute atomic E-state index is 0.325. The normalized spacial score (nSPS) is 18.6. The zero-order chi connectivity index (χ0) is 25.4. The maximum absolute atomic E-state index is 11.2. The van der Waals surface area contributed by atoms with Gasteiger partial charge in [0.1, 0.15) is 12.4 Å². The standard InChI is InChI=1S/C29H39N3O4/c1-23-6-8-26(24(2)18-23)36-21-29(33)10-4-13-31(15-11-29)20-25-7-9-27(28(19-25)34-3)35-17-5-14-32-16-12-30-22-32/h6-9,12,16,18-19,22,33H,4-5,10-11,13-15,17,20-21H2,1-3H3/t29-/m0/s1. The number of aromatic nitrogens is 2. The Morgan fingerprint density at radius 1 is 1.00 bits per heavy atom. The van der Waals surface area contributed by atoms with Gasteiger partial charge in [0, 0.05) is 32.0 Å². The fourth-order valence-corrected chi connectivity index (χ4v) is 4.75. The van der Waals surface area contributed by atoms with E-state index < -0.39 is 5.60 Å². The number of hydrogen-bond donors (Lipinski definition) is 1. The second-order valence-corrected chi connectivity index (χ2v) is 9.90. The van der Waals surface area contributed by atoms with Gasteiger partial charge in [-0.15, -0.1) is 0 Å². The number of ether oxygens (including phenoxy) is 3. The highest BCUT2D eigenvalue weighted by atomic mass is 16.5. The smallest absolute Gasteiger partial charge is 0.161 e. The summed E-state index contributed by atoms with van der Waals surface area (Å²) < 4.78 is 19.7. The fraction of sp³-hybridized carbons (Fsp3) is 0.483. The van der Waals surface area contributed by atoms with E-state index in [0.29, 0.717) is 19.6 Å². The minimum atomic E-state index is -0.807. The summed E-state index contributed by atoms with van der Waals surface area (Å²) in [6.07, 6.45) is 8.81. The van der Waals surface area contributed by atoms with Gasteiger partial charge in [-0.05, 0) is 75.4 Å². The van der Waals surface area contributed by atoms with Crippen molar-refractivity contribution < 1.29 is 19.3 Å². The SMILES string of the molecule is COc1cc(CN2CCC[C@@](O)(COc3ccc(C)cc3C)CC2)ccc1OCCCn1ccnc1. The van der Waals surface area contributed by atoms with Crippen molar-refractivity contribution in [2.75, 3.05) is 33.4 Å². The third-order valence-corrected chi connectivity index (χ3v) is 6.85. The van der Waals surface area contributed by atoms with Crippen LogP contribution >= 0.6 is 0 Å². The van der Waals surface area contributed by atoms with E-state index in [1.54, 1.807) is 13.3 Å². The molecule has 36 heavy (non-hydrogen) atoms. The molecule has 0 saturated carbocycles. The van der Waals surface area contributed by atoms with Gasteiger partial charge < -0.3 is 23.9 Å². The van der Waals surface area contributed by atoms with Crippen LogP contribution in [-0.2, 0) is 13.1 Å². The largest absolute Gasteiger partial charge is 0.493 e. The van der Waals surface area contributed by atoms with Crippen molar-refractivity contribution in [1.29, 1.82) is 0 Å². The molecule has 1 atom stereocenters. The first-order chi connectivity index (χ1) is 17.4. The molecule has 194 valence electrons. The van der Waals surface area contributed by atoms with Crippen molar-refractivity contribution in [3.05, 3.63) is 71.8 Å². The summed E-state index contributed by atoms with van der Waals surface area (Å²) in [7, 11) is 1.68. The number of likely N-dealkylation sites (tertiary alicyclic amines) is 1. The van der Waals surface area contributed by atoms with Crippen molar-refractivity contribution >= 4 is 0 Å². The molecular formula is C29H39N3O4. The van der Waals surface area contributed by atoms with Crippen molar-refractivity contribution in [2.45, 2.75) is 58.2 Å². The van der Waals surface area contributed by atoms with Crippen LogP contribution in [0.3, 0.4) is 0 Å². The van der Waals surface area contributed by atoms with E-state index in [2.05, 4.69) is 35.0 Å². The molecule has 1 N–H and O–H groups in total. The topological polar surface area (TPSA) is 69.0 Å². The van der Waals surface area contributed by atoms with Crippen molar-refractivity contribution in [3.8, 4) is 17.2 Å². The van der Waals surface area contributed by atoms with E-state index in [4.69, 9.17) is 14.2 Å². The van der Waals surface area contributed by atoms with Gasteiger partial charge in [0.05, 0.1) is 25.6 Å². The number of nitrogens with zero attached hydrogens (tertiary/aromatic N) is 3. The van der Waals surface area contributed by atoms with Crippen LogP contribution in [0.1, 0.15) is 42.4 Å². The summed E-state index contributed by atoms with van der Waals surface area (Å²) in [5.41, 5.74) is 2.69. The Morgan fingerprint density at radius 3 is 2.64 bits per heavy atom. The van der Waals surface area contributed by atoms with Gasteiger partial charge in [-0.1, -0.05) is 23.8 Å². The maximum atomic E-state index is 11.2. The molecule has 0 unspecified atom stereocenters. The Balaban J connectivity index is 1.27. The molecular weight excluding hydrogens is 454 g/mol. The van der Waals surface area contributed by atoms with Crippen LogP contribution in [-0.4, -0.2) is 58.6 Å². The molecule has 1 aliphatic rings. The number of methoxy groups -OCH3 is 1. The maximum Gasteiger partial charge on any atom is 0.161 e. The molecule has 4 rings (SSSR count). The molecule has 0 bridgehead atoms. The third kappa shape index (κ3) is 7.24. The van der Waals surface area contributed by atoms with E-state index in [9.17, 15) is 5.11 Å². The van der Waals surface area contributed by atoms with Crippen LogP contribution in [0, 0.1) is 13.8 Å². The lowest BCUT2D eigenvalue weighted by Crippen LogP contribution is -2.37. The molecule has 0 radical (unpaired) electrons. The van der Waals surface area contributed by atoms with E-state index in [1.807, 2.05) is 42.2 Å².